The van der Waals surface area contributed by atoms with E-state index in [0.29, 0.717) is 19.8 Å². The Labute approximate surface area is 103 Å². The van der Waals surface area contributed by atoms with Crippen LogP contribution in [0.4, 0.5) is 0 Å². The van der Waals surface area contributed by atoms with Gasteiger partial charge < -0.3 is 15.2 Å². The van der Waals surface area contributed by atoms with Gasteiger partial charge in [0.25, 0.3) is 0 Å². The van der Waals surface area contributed by atoms with Crippen molar-refractivity contribution in [1.82, 2.24) is 0 Å². The highest BCUT2D eigenvalue weighted by Crippen LogP contribution is 2.35. The van der Waals surface area contributed by atoms with Crippen LogP contribution < -0.4 is 15.2 Å². The third-order valence-electron chi connectivity index (χ3n) is 3.05. The molecule has 0 aliphatic carbocycles. The van der Waals surface area contributed by atoms with E-state index in [0.717, 1.165) is 17.9 Å². The average molecular weight is 235 g/mol. The van der Waals surface area contributed by atoms with Gasteiger partial charge in [-0.05, 0) is 43.1 Å². The second-order valence-electron chi connectivity index (χ2n) is 5.51. The Balaban J connectivity index is 2.31. The summed E-state index contributed by atoms with van der Waals surface area (Å²) in [5.41, 5.74) is 8.13. The van der Waals surface area contributed by atoms with Crippen LogP contribution in [0.25, 0.3) is 0 Å². The van der Waals surface area contributed by atoms with Gasteiger partial charge in [-0.3, -0.25) is 0 Å². The zero-order valence-corrected chi connectivity index (χ0v) is 10.9. The largest absolute Gasteiger partial charge is 0.489 e. The standard InChI is InChI=1S/C14H21NO2/c1-10-6-12-13(7-11(10)4-5-15)17-9-14(2,3)8-16-12/h6-7H,4-5,8-9,15H2,1-3H3. The molecule has 0 aromatic heterocycles. The molecular weight excluding hydrogens is 214 g/mol. The highest BCUT2D eigenvalue weighted by molar-refractivity contribution is 5.47. The summed E-state index contributed by atoms with van der Waals surface area (Å²) in [6.45, 7) is 8.41. The summed E-state index contributed by atoms with van der Waals surface area (Å²) in [7, 11) is 0. The molecule has 2 N–H and O–H groups in total. The van der Waals surface area contributed by atoms with Gasteiger partial charge in [-0.1, -0.05) is 13.8 Å². The van der Waals surface area contributed by atoms with Crippen molar-refractivity contribution >= 4 is 0 Å². The quantitative estimate of drug-likeness (QED) is 0.855. The molecule has 1 aliphatic heterocycles. The van der Waals surface area contributed by atoms with Crippen LogP contribution in [0.1, 0.15) is 25.0 Å². The molecule has 1 heterocycles. The second-order valence-corrected chi connectivity index (χ2v) is 5.51. The Bertz CT molecular complexity index is 413. The van der Waals surface area contributed by atoms with Gasteiger partial charge in [-0.25, -0.2) is 0 Å². The molecule has 2 rings (SSSR count). The van der Waals surface area contributed by atoms with E-state index in [4.69, 9.17) is 15.2 Å². The Hall–Kier alpha value is -1.22. The van der Waals surface area contributed by atoms with Crippen LogP contribution in [0.3, 0.4) is 0 Å². The first-order chi connectivity index (χ1) is 8.02. The monoisotopic (exact) mass is 235 g/mol. The second kappa shape index (κ2) is 4.57. The molecule has 1 aliphatic rings. The van der Waals surface area contributed by atoms with Gasteiger partial charge in [0.2, 0.25) is 0 Å². The fraction of sp³-hybridized carbons (Fsp3) is 0.571. The van der Waals surface area contributed by atoms with Crippen molar-refractivity contribution in [2.24, 2.45) is 11.1 Å². The first kappa shape index (κ1) is 12.2. The number of hydrogen-bond donors (Lipinski definition) is 1. The van der Waals surface area contributed by atoms with Gasteiger partial charge in [0.05, 0.1) is 13.2 Å². The van der Waals surface area contributed by atoms with Crippen molar-refractivity contribution in [3.05, 3.63) is 23.3 Å². The Morgan fingerprint density at radius 1 is 1.18 bits per heavy atom. The summed E-state index contributed by atoms with van der Waals surface area (Å²) in [6.07, 6.45) is 0.881. The van der Waals surface area contributed by atoms with E-state index >= 15 is 0 Å². The predicted molar refractivity (Wildman–Crippen MR) is 68.7 cm³/mol. The van der Waals surface area contributed by atoms with Crippen molar-refractivity contribution < 1.29 is 9.47 Å². The van der Waals surface area contributed by atoms with E-state index in [1.54, 1.807) is 0 Å². The number of aryl methyl sites for hydroxylation is 1. The Morgan fingerprint density at radius 2 is 1.76 bits per heavy atom. The maximum Gasteiger partial charge on any atom is 0.161 e. The Kier molecular flexibility index (Phi) is 3.29. The summed E-state index contributed by atoms with van der Waals surface area (Å²) in [4.78, 5) is 0. The van der Waals surface area contributed by atoms with Crippen LogP contribution in [-0.4, -0.2) is 19.8 Å². The van der Waals surface area contributed by atoms with Crippen molar-refractivity contribution in [2.45, 2.75) is 27.2 Å². The summed E-state index contributed by atoms with van der Waals surface area (Å²) in [5.74, 6) is 1.71. The molecule has 0 saturated carbocycles. The molecule has 0 saturated heterocycles. The molecule has 94 valence electrons. The lowest BCUT2D eigenvalue weighted by Gasteiger charge is -2.19. The van der Waals surface area contributed by atoms with E-state index in [1.807, 2.05) is 0 Å². The molecule has 0 fully saturated rings. The minimum atomic E-state index is 0.0565. The summed E-state index contributed by atoms with van der Waals surface area (Å²) in [6, 6.07) is 4.13. The molecular formula is C14H21NO2. The number of benzene rings is 1. The lowest BCUT2D eigenvalue weighted by Crippen LogP contribution is -2.26. The van der Waals surface area contributed by atoms with Crippen LogP contribution >= 0.6 is 0 Å². The first-order valence-electron chi connectivity index (χ1n) is 6.11. The fourth-order valence-electron chi connectivity index (χ4n) is 1.94. The molecule has 0 amide bonds. The summed E-state index contributed by atoms with van der Waals surface area (Å²) >= 11 is 0. The molecule has 0 unspecified atom stereocenters. The number of ether oxygens (including phenoxy) is 2. The van der Waals surface area contributed by atoms with Gasteiger partial charge >= 0.3 is 0 Å². The molecule has 0 radical (unpaired) electrons. The number of nitrogens with two attached hydrogens (primary N) is 1. The molecule has 17 heavy (non-hydrogen) atoms. The molecule has 0 spiro atoms. The normalized spacial score (nSPS) is 17.6. The fourth-order valence-corrected chi connectivity index (χ4v) is 1.94. The lowest BCUT2D eigenvalue weighted by molar-refractivity contribution is 0.140. The Morgan fingerprint density at radius 3 is 2.35 bits per heavy atom. The summed E-state index contributed by atoms with van der Waals surface area (Å²) in [5, 5.41) is 0. The van der Waals surface area contributed by atoms with E-state index in [-0.39, 0.29) is 5.41 Å². The van der Waals surface area contributed by atoms with Gasteiger partial charge in [0.1, 0.15) is 0 Å². The van der Waals surface area contributed by atoms with Crippen LogP contribution in [0.5, 0.6) is 11.5 Å². The topological polar surface area (TPSA) is 44.5 Å². The van der Waals surface area contributed by atoms with Crippen LogP contribution in [-0.2, 0) is 6.42 Å². The average Bonchev–Trinajstić information content (AvgIpc) is 2.40. The number of hydrogen-bond acceptors (Lipinski definition) is 3. The number of rotatable bonds is 2. The minimum Gasteiger partial charge on any atom is -0.489 e. The molecule has 3 nitrogen and oxygen atoms in total. The predicted octanol–water partition coefficient (Wildman–Crippen LogP) is 2.29. The van der Waals surface area contributed by atoms with Crippen LogP contribution in [0.2, 0.25) is 0 Å². The van der Waals surface area contributed by atoms with Gasteiger partial charge in [0.15, 0.2) is 11.5 Å². The van der Waals surface area contributed by atoms with E-state index in [1.165, 1.54) is 11.1 Å². The molecule has 1 aromatic rings. The van der Waals surface area contributed by atoms with Crippen molar-refractivity contribution in [1.29, 1.82) is 0 Å². The van der Waals surface area contributed by atoms with Gasteiger partial charge in [-0.2, -0.15) is 0 Å². The maximum absolute atomic E-state index is 5.84. The van der Waals surface area contributed by atoms with E-state index in [9.17, 15) is 0 Å². The minimum absolute atomic E-state index is 0.0565. The third kappa shape index (κ3) is 2.72. The van der Waals surface area contributed by atoms with E-state index in [2.05, 4.69) is 32.9 Å². The van der Waals surface area contributed by atoms with Crippen molar-refractivity contribution in [3.8, 4) is 11.5 Å². The molecule has 0 bridgehead atoms. The first-order valence-corrected chi connectivity index (χ1v) is 6.11. The third-order valence-corrected chi connectivity index (χ3v) is 3.05. The molecule has 3 heteroatoms. The lowest BCUT2D eigenvalue weighted by atomic mass is 9.97. The van der Waals surface area contributed by atoms with Crippen LogP contribution in [0.15, 0.2) is 12.1 Å². The van der Waals surface area contributed by atoms with Gasteiger partial charge in [0, 0.05) is 5.41 Å². The SMILES string of the molecule is Cc1cc2c(cc1CCN)OCC(C)(C)CO2. The van der Waals surface area contributed by atoms with Crippen LogP contribution in [0, 0.1) is 12.3 Å². The molecule has 0 atom stereocenters. The van der Waals surface area contributed by atoms with Crippen molar-refractivity contribution in [2.75, 3.05) is 19.8 Å². The van der Waals surface area contributed by atoms with E-state index < -0.39 is 0 Å². The van der Waals surface area contributed by atoms with Gasteiger partial charge in [-0.15, -0.1) is 0 Å². The zero-order valence-electron chi connectivity index (χ0n) is 10.9. The highest BCUT2D eigenvalue weighted by Gasteiger charge is 2.25. The van der Waals surface area contributed by atoms with Crippen molar-refractivity contribution in [3.63, 3.8) is 0 Å². The highest BCUT2D eigenvalue weighted by atomic mass is 16.5. The zero-order chi connectivity index (χ0) is 12.5. The molecule has 1 aromatic carbocycles. The smallest absolute Gasteiger partial charge is 0.161 e. The maximum atomic E-state index is 5.84. The number of fused-ring (bicyclic) bond motifs is 1. The summed E-state index contributed by atoms with van der Waals surface area (Å²) < 4.78 is 11.7.